The molecule has 6 atom stereocenters. The molecule has 6 unspecified atom stereocenters. The van der Waals surface area contributed by atoms with Gasteiger partial charge in [0.25, 0.3) is 0 Å². The fraction of sp³-hybridized carbons (Fsp3) is 0.426. The van der Waals surface area contributed by atoms with Crippen LogP contribution >= 0.6 is 0 Å². The van der Waals surface area contributed by atoms with Crippen molar-refractivity contribution in [1.29, 1.82) is 0 Å². The third-order valence-corrected chi connectivity index (χ3v) is 13.0. The predicted octanol–water partition coefficient (Wildman–Crippen LogP) is 9.30. The lowest BCUT2D eigenvalue weighted by molar-refractivity contribution is -0.257. The molecule has 1 saturated carbocycles. The van der Waals surface area contributed by atoms with Crippen LogP contribution in [0.4, 0.5) is 4.79 Å². The molecule has 4 aromatic carbocycles. The van der Waals surface area contributed by atoms with E-state index in [1.165, 1.54) is 0 Å². The number of rotatable bonds is 23. The van der Waals surface area contributed by atoms with Crippen molar-refractivity contribution in [3.63, 3.8) is 0 Å². The first-order valence-electron chi connectivity index (χ1n) is 23.5. The third-order valence-electron chi connectivity index (χ3n) is 13.0. The van der Waals surface area contributed by atoms with Crippen LogP contribution in [0.3, 0.4) is 0 Å². The Labute approximate surface area is 389 Å². The van der Waals surface area contributed by atoms with Gasteiger partial charge in [0.15, 0.2) is 0 Å². The summed E-state index contributed by atoms with van der Waals surface area (Å²) < 4.78 is 26.0. The molecule has 1 fully saturated rings. The Morgan fingerprint density at radius 3 is 2.33 bits per heavy atom. The van der Waals surface area contributed by atoms with Gasteiger partial charge < -0.3 is 44.2 Å². The number of hydrogen-bond donors (Lipinski definition) is 3. The van der Waals surface area contributed by atoms with Crippen LogP contribution < -0.4 is 19.5 Å². The van der Waals surface area contributed by atoms with Gasteiger partial charge in [0.1, 0.15) is 29.9 Å². The molecule has 3 aliphatic rings. The molecular formula is C54H65N3O9. The van der Waals surface area contributed by atoms with Gasteiger partial charge in [-0.3, -0.25) is 4.79 Å². The Kier molecular flexibility index (Phi) is 17.1. The number of benzene rings is 4. The minimum atomic E-state index is -1.42. The number of ether oxygens (including phenoxy) is 4. The minimum Gasteiger partial charge on any atom is -0.497 e. The van der Waals surface area contributed by atoms with Gasteiger partial charge in [0, 0.05) is 44.2 Å². The van der Waals surface area contributed by atoms with Gasteiger partial charge in [-0.25, -0.2) is 4.79 Å². The van der Waals surface area contributed by atoms with E-state index in [2.05, 4.69) is 24.9 Å². The number of fused-ring (bicyclic) bond motifs is 2. The molecule has 2 amide bonds. The first-order chi connectivity index (χ1) is 32.3. The van der Waals surface area contributed by atoms with Gasteiger partial charge in [-0.05, 0) is 96.5 Å². The number of carbonyl (C=O) groups is 2. The molecule has 3 N–H and O–H groups in total. The highest BCUT2D eigenvalue weighted by Crippen LogP contribution is 2.62. The highest BCUT2D eigenvalue weighted by molar-refractivity contribution is 6.03. The van der Waals surface area contributed by atoms with E-state index in [9.17, 15) is 19.8 Å². The zero-order valence-corrected chi connectivity index (χ0v) is 38.3. The van der Waals surface area contributed by atoms with Crippen molar-refractivity contribution in [3.05, 3.63) is 150 Å². The Balaban J connectivity index is 1.38. The summed E-state index contributed by atoms with van der Waals surface area (Å²) in [7, 11) is 1.61. The highest BCUT2D eigenvalue weighted by atomic mass is 16.7. The number of hydrogen-bond acceptors (Lipinski definition) is 10. The number of carbonyl (C=O) groups excluding carboxylic acids is 2. The van der Waals surface area contributed by atoms with E-state index in [0.29, 0.717) is 55.3 Å². The Morgan fingerprint density at radius 2 is 1.62 bits per heavy atom. The minimum absolute atomic E-state index is 0.00199. The topological polar surface area (TPSA) is 148 Å². The summed E-state index contributed by atoms with van der Waals surface area (Å²) in [5, 5.41) is 27.8. The van der Waals surface area contributed by atoms with Gasteiger partial charge in [-0.1, -0.05) is 110 Å². The third kappa shape index (κ3) is 11.3. The fourth-order valence-electron chi connectivity index (χ4n) is 10.1. The van der Waals surface area contributed by atoms with Crippen molar-refractivity contribution >= 4 is 17.7 Å². The second-order valence-electron chi connectivity index (χ2n) is 17.4. The average molecular weight is 900 g/mol. The maximum absolute atomic E-state index is 15.0. The van der Waals surface area contributed by atoms with E-state index >= 15 is 0 Å². The van der Waals surface area contributed by atoms with Crippen molar-refractivity contribution < 1.29 is 43.6 Å². The van der Waals surface area contributed by atoms with E-state index in [1.54, 1.807) is 19.3 Å². The number of methoxy groups -OCH3 is 1. The Bertz CT molecular complexity index is 2280. The normalized spacial score (nSPS) is 22.2. The number of aliphatic hydroxyl groups is 2. The molecule has 1 aliphatic heterocycles. The molecular weight excluding hydrogens is 835 g/mol. The molecule has 4 aromatic rings. The van der Waals surface area contributed by atoms with Crippen LogP contribution in [0.1, 0.15) is 86.5 Å². The van der Waals surface area contributed by atoms with Crippen LogP contribution in [0, 0.1) is 17.8 Å². The first kappa shape index (κ1) is 48.0. The standard InChI is InChI=1S/C54H65N3O9/c1-4-27-57(50(60)32-40-21-16-23-42(31-40)62-3)49-35-47(56-64-37-39-19-10-7-11-20-39)45-33-41(22-12-14-28-58)44(24-13-15-29-59)51-46-34-43(65-53(61)55-36-38-17-8-6-9-18-38)25-26-48(46)66-54(49,52(45)51)63-30-5-2/h5-11,16-21,23,25-26,31,33-34,41,44,49,51-52,58-59H,2,4,12-15,22,24,27-30,32,35-37H2,1,3H3,(H,55,61). The van der Waals surface area contributed by atoms with Gasteiger partial charge in [-0.2, -0.15) is 0 Å². The zero-order valence-electron chi connectivity index (χ0n) is 38.3. The van der Waals surface area contributed by atoms with Gasteiger partial charge >= 0.3 is 6.09 Å². The Hall–Kier alpha value is -5.95. The van der Waals surface area contributed by atoms with Crippen LogP contribution in [0.25, 0.3) is 0 Å². The summed E-state index contributed by atoms with van der Waals surface area (Å²) >= 11 is 0. The van der Waals surface area contributed by atoms with E-state index < -0.39 is 23.8 Å². The molecule has 66 heavy (non-hydrogen) atoms. The van der Waals surface area contributed by atoms with Crippen molar-refractivity contribution in [2.24, 2.45) is 22.9 Å². The number of amides is 2. The lowest BCUT2D eigenvalue weighted by atomic mass is 9.55. The summed E-state index contributed by atoms with van der Waals surface area (Å²) in [6.45, 7) is 7.38. The smallest absolute Gasteiger partial charge is 0.412 e. The molecule has 0 bridgehead atoms. The van der Waals surface area contributed by atoms with Crippen molar-refractivity contribution in [2.75, 3.05) is 33.5 Å². The van der Waals surface area contributed by atoms with Gasteiger partial charge in [0.05, 0.1) is 31.8 Å². The quantitative estimate of drug-likeness (QED) is 0.0377. The monoisotopic (exact) mass is 899 g/mol. The molecule has 350 valence electrons. The van der Waals surface area contributed by atoms with Crippen LogP contribution in [0.5, 0.6) is 17.2 Å². The maximum atomic E-state index is 15.0. The summed E-state index contributed by atoms with van der Waals surface area (Å²) in [5.74, 6) is -0.684. The van der Waals surface area contributed by atoms with Crippen LogP contribution in [0.15, 0.2) is 133 Å². The lowest BCUT2D eigenvalue weighted by Gasteiger charge is -2.60. The number of nitrogens with one attached hydrogen (secondary N) is 1. The molecule has 0 radical (unpaired) electrons. The van der Waals surface area contributed by atoms with E-state index in [1.807, 2.05) is 102 Å². The zero-order chi connectivity index (χ0) is 46.3. The largest absolute Gasteiger partial charge is 0.497 e. The molecule has 2 aliphatic carbocycles. The number of nitrogens with zero attached hydrogens (tertiary/aromatic N) is 2. The molecule has 0 saturated heterocycles. The molecule has 0 aromatic heterocycles. The summed E-state index contributed by atoms with van der Waals surface area (Å²) in [4.78, 5) is 36.5. The molecule has 12 heteroatoms. The highest BCUT2D eigenvalue weighted by Gasteiger charge is 2.65. The van der Waals surface area contributed by atoms with E-state index in [-0.39, 0.29) is 62.9 Å². The van der Waals surface area contributed by atoms with Gasteiger partial charge in [0.2, 0.25) is 11.7 Å². The average Bonchev–Trinajstić information content (AvgIpc) is 3.34. The fourth-order valence-corrected chi connectivity index (χ4v) is 10.1. The molecule has 0 spiro atoms. The SMILES string of the molecule is C=CCOC12Oc3ccc(OC(=O)NCc4ccccc4)cc3C3C(CCCCO)C(CCCCO)C=C(C(=NOCc4ccccc4)CC1N(CCC)C(=O)Cc1cccc(OC)c1)C32. The van der Waals surface area contributed by atoms with E-state index in [4.69, 9.17) is 28.9 Å². The van der Waals surface area contributed by atoms with Crippen molar-refractivity contribution in [2.45, 2.75) is 95.6 Å². The predicted molar refractivity (Wildman–Crippen MR) is 254 cm³/mol. The number of oxime groups is 1. The molecule has 7 rings (SSSR count). The Morgan fingerprint density at radius 1 is 0.894 bits per heavy atom. The number of unbranched alkanes of at least 4 members (excludes halogenated alkanes) is 2. The van der Waals surface area contributed by atoms with Crippen molar-refractivity contribution in [3.8, 4) is 17.2 Å². The van der Waals surface area contributed by atoms with Gasteiger partial charge in [-0.15, -0.1) is 6.58 Å². The summed E-state index contributed by atoms with van der Waals surface area (Å²) in [6.07, 6.45) is 8.95. The number of allylic oxidation sites excluding steroid dienone is 1. The van der Waals surface area contributed by atoms with Crippen LogP contribution in [-0.4, -0.2) is 78.1 Å². The van der Waals surface area contributed by atoms with Crippen LogP contribution in [-0.2, 0) is 33.9 Å². The molecule has 12 nitrogen and oxygen atoms in total. The second kappa shape index (κ2) is 23.5. The lowest BCUT2D eigenvalue weighted by Crippen LogP contribution is -2.70. The number of aliphatic hydroxyl groups excluding tert-OH is 2. The van der Waals surface area contributed by atoms with Crippen molar-refractivity contribution in [1.82, 2.24) is 10.2 Å². The second-order valence-corrected chi connectivity index (χ2v) is 17.4. The van der Waals surface area contributed by atoms with E-state index in [0.717, 1.165) is 53.5 Å². The molecule has 1 heterocycles. The summed E-state index contributed by atoms with van der Waals surface area (Å²) in [6, 6.07) is 31.9. The summed E-state index contributed by atoms with van der Waals surface area (Å²) in [5.41, 5.74) is 5.22. The van der Waals surface area contributed by atoms with Crippen LogP contribution in [0.2, 0.25) is 0 Å². The maximum Gasteiger partial charge on any atom is 0.412 e. The first-order valence-corrected chi connectivity index (χ1v) is 23.5.